The molecule has 6 nitrogen and oxygen atoms in total. The zero-order chi connectivity index (χ0) is 21.1. The number of carbonyl (C=O) groups is 1. The number of aryl methyl sites for hydroxylation is 1. The molecule has 3 rings (SSSR count). The van der Waals surface area contributed by atoms with Crippen LogP contribution in [-0.2, 0) is 6.54 Å². The summed E-state index contributed by atoms with van der Waals surface area (Å²) in [6, 6.07) is 1.54. The van der Waals surface area contributed by atoms with Gasteiger partial charge in [0.25, 0.3) is 5.91 Å². The van der Waals surface area contributed by atoms with E-state index < -0.39 is 5.91 Å². The van der Waals surface area contributed by atoms with Gasteiger partial charge in [-0.15, -0.1) is 0 Å². The third-order valence-corrected chi connectivity index (χ3v) is 5.52. The van der Waals surface area contributed by atoms with Crippen LogP contribution in [0.15, 0.2) is 48.6 Å². The Morgan fingerprint density at radius 1 is 1.28 bits per heavy atom. The predicted octanol–water partition coefficient (Wildman–Crippen LogP) is 4.14. The molecule has 1 aliphatic rings. The Hall–Kier alpha value is -3.15. The number of nitrogens with one attached hydrogen (secondary N) is 1. The van der Waals surface area contributed by atoms with Crippen LogP contribution in [0, 0.1) is 12.8 Å². The number of phenolic OH excluding ortho intramolecular Hbond substituents is 2. The second-order valence-electron chi connectivity index (χ2n) is 7.81. The lowest BCUT2D eigenvalue weighted by atomic mass is 9.73. The summed E-state index contributed by atoms with van der Waals surface area (Å²) >= 11 is 0. The van der Waals surface area contributed by atoms with Crippen LogP contribution in [0.1, 0.15) is 59.7 Å². The molecule has 1 aromatic carbocycles. The molecule has 3 N–H and O–H groups in total. The normalized spacial score (nSPS) is 18.8. The van der Waals surface area contributed by atoms with Crippen LogP contribution in [0.2, 0.25) is 0 Å². The third kappa shape index (κ3) is 4.31. The first-order valence-electron chi connectivity index (χ1n) is 9.69. The van der Waals surface area contributed by atoms with E-state index in [0.29, 0.717) is 11.1 Å². The lowest BCUT2D eigenvalue weighted by Crippen LogP contribution is -2.25. The minimum atomic E-state index is -0.409. The van der Waals surface area contributed by atoms with E-state index in [-0.39, 0.29) is 35.4 Å². The molecule has 152 valence electrons. The molecule has 0 saturated heterocycles. The third-order valence-electron chi connectivity index (χ3n) is 5.52. The highest BCUT2D eigenvalue weighted by molar-refractivity contribution is 5.99. The highest BCUT2D eigenvalue weighted by Gasteiger charge is 2.32. The minimum Gasteiger partial charge on any atom is -0.507 e. The lowest BCUT2D eigenvalue weighted by Gasteiger charge is -2.32. The molecule has 0 bridgehead atoms. The number of aromatic hydroxyl groups is 2. The maximum atomic E-state index is 12.9. The van der Waals surface area contributed by atoms with Crippen LogP contribution in [0.5, 0.6) is 11.5 Å². The topological polar surface area (TPSA) is 95.3 Å². The lowest BCUT2D eigenvalue weighted by molar-refractivity contribution is 0.0947. The molecule has 0 aliphatic heterocycles. The summed E-state index contributed by atoms with van der Waals surface area (Å²) in [5.41, 5.74) is 4.01. The maximum Gasteiger partial charge on any atom is 0.255 e. The first-order valence-corrected chi connectivity index (χ1v) is 9.69. The van der Waals surface area contributed by atoms with Crippen molar-refractivity contribution in [2.24, 2.45) is 5.92 Å². The maximum absolute atomic E-state index is 12.9. The molecule has 1 aromatic heterocycles. The Morgan fingerprint density at radius 2 is 1.97 bits per heavy atom. The Balaban J connectivity index is 1.98. The van der Waals surface area contributed by atoms with Crippen molar-refractivity contribution in [1.29, 1.82) is 0 Å². The van der Waals surface area contributed by atoms with E-state index in [2.05, 4.69) is 27.9 Å². The van der Waals surface area contributed by atoms with Gasteiger partial charge in [-0.1, -0.05) is 23.8 Å². The first-order chi connectivity index (χ1) is 13.8. The summed E-state index contributed by atoms with van der Waals surface area (Å²) in [4.78, 5) is 20.7. The van der Waals surface area contributed by atoms with Crippen LogP contribution in [0.3, 0.4) is 0 Å². The molecule has 2 unspecified atom stereocenters. The predicted molar refractivity (Wildman–Crippen MR) is 112 cm³/mol. The van der Waals surface area contributed by atoms with Crippen molar-refractivity contribution in [2.45, 2.75) is 46.1 Å². The summed E-state index contributed by atoms with van der Waals surface area (Å²) < 4.78 is 0. The summed E-state index contributed by atoms with van der Waals surface area (Å²) in [5.74, 6) is -0.721. The fourth-order valence-electron chi connectivity index (χ4n) is 4.01. The average molecular weight is 393 g/mol. The second-order valence-corrected chi connectivity index (χ2v) is 7.81. The summed E-state index contributed by atoms with van der Waals surface area (Å²) in [6.45, 7) is 10.0. The van der Waals surface area contributed by atoms with Gasteiger partial charge in [0.15, 0.2) is 0 Å². The number of aromatic nitrogens is 2. The smallest absolute Gasteiger partial charge is 0.255 e. The number of rotatable bonds is 5. The highest BCUT2D eigenvalue weighted by Crippen LogP contribution is 2.47. The standard InChI is InChI=1S/C23H27N3O3/c1-13(2)17-6-5-14(3)7-18(17)21-19(27)8-15(4)20(22(21)28)23(29)26-11-16-9-24-12-25-10-16/h7-10,12,17-18,27-28H,1,5-6,11H2,2-4H3,(H,26,29). The zero-order valence-electron chi connectivity index (χ0n) is 17.1. The van der Waals surface area contributed by atoms with Gasteiger partial charge in [-0.3, -0.25) is 4.79 Å². The van der Waals surface area contributed by atoms with Gasteiger partial charge in [-0.05, 0) is 51.2 Å². The SMILES string of the molecule is C=C(C)C1CCC(C)=CC1c1c(O)cc(C)c(C(=O)NCc2cncnc2)c1O. The molecular formula is C23H27N3O3. The van der Waals surface area contributed by atoms with Crippen molar-refractivity contribution in [3.05, 3.63) is 70.8 Å². The van der Waals surface area contributed by atoms with Gasteiger partial charge >= 0.3 is 0 Å². The van der Waals surface area contributed by atoms with E-state index in [1.165, 1.54) is 11.9 Å². The molecule has 0 spiro atoms. The number of benzene rings is 1. The molecule has 0 fully saturated rings. The van der Waals surface area contributed by atoms with E-state index in [1.807, 2.05) is 13.8 Å². The number of hydrogen-bond donors (Lipinski definition) is 3. The monoisotopic (exact) mass is 393 g/mol. The Bertz CT molecular complexity index is 967. The number of nitrogens with zero attached hydrogens (tertiary/aromatic N) is 2. The first kappa shape index (κ1) is 20.6. The van der Waals surface area contributed by atoms with Crippen molar-refractivity contribution >= 4 is 5.91 Å². The molecule has 1 amide bonds. The molecular weight excluding hydrogens is 366 g/mol. The molecule has 1 aliphatic carbocycles. The van der Waals surface area contributed by atoms with Crippen molar-refractivity contribution in [3.63, 3.8) is 0 Å². The molecule has 6 heteroatoms. The van der Waals surface area contributed by atoms with Crippen LogP contribution < -0.4 is 5.32 Å². The van der Waals surface area contributed by atoms with Gasteiger partial charge in [-0.2, -0.15) is 0 Å². The zero-order valence-corrected chi connectivity index (χ0v) is 17.1. The van der Waals surface area contributed by atoms with Gasteiger partial charge in [0.1, 0.15) is 17.8 Å². The van der Waals surface area contributed by atoms with Gasteiger partial charge in [-0.25, -0.2) is 9.97 Å². The molecule has 2 atom stereocenters. The Morgan fingerprint density at radius 3 is 2.62 bits per heavy atom. The summed E-state index contributed by atoms with van der Waals surface area (Å²) in [5, 5.41) is 24.5. The Kier molecular flexibility index (Phi) is 6.01. The molecule has 2 aromatic rings. The summed E-state index contributed by atoms with van der Waals surface area (Å²) in [7, 11) is 0. The van der Waals surface area contributed by atoms with E-state index >= 15 is 0 Å². The number of allylic oxidation sites excluding steroid dienone is 3. The average Bonchev–Trinajstić information content (AvgIpc) is 2.66. The second kappa shape index (κ2) is 8.47. The van der Waals surface area contributed by atoms with Crippen LogP contribution in [-0.4, -0.2) is 26.1 Å². The number of amides is 1. The number of hydrogen-bond acceptors (Lipinski definition) is 5. The highest BCUT2D eigenvalue weighted by atomic mass is 16.3. The summed E-state index contributed by atoms with van der Waals surface area (Å²) in [6.07, 6.45) is 8.57. The van der Waals surface area contributed by atoms with Crippen molar-refractivity contribution in [2.75, 3.05) is 0 Å². The minimum absolute atomic E-state index is 0.00444. The fourth-order valence-corrected chi connectivity index (χ4v) is 4.01. The Labute approximate surface area is 171 Å². The van der Waals surface area contributed by atoms with E-state index in [9.17, 15) is 15.0 Å². The fraction of sp³-hybridized carbons (Fsp3) is 0.348. The van der Waals surface area contributed by atoms with Gasteiger partial charge in [0, 0.05) is 36.0 Å². The largest absolute Gasteiger partial charge is 0.507 e. The number of phenols is 2. The van der Waals surface area contributed by atoms with Crippen molar-refractivity contribution in [1.82, 2.24) is 15.3 Å². The van der Waals surface area contributed by atoms with E-state index in [0.717, 1.165) is 24.0 Å². The quantitative estimate of drug-likeness (QED) is 0.664. The van der Waals surface area contributed by atoms with Crippen LogP contribution >= 0.6 is 0 Å². The number of carbonyl (C=O) groups excluding carboxylic acids is 1. The van der Waals surface area contributed by atoms with Crippen LogP contribution in [0.25, 0.3) is 0 Å². The molecule has 1 heterocycles. The van der Waals surface area contributed by atoms with E-state index in [1.54, 1.807) is 25.4 Å². The molecule has 0 radical (unpaired) electrons. The van der Waals surface area contributed by atoms with Crippen LogP contribution in [0.4, 0.5) is 0 Å². The molecule has 0 saturated carbocycles. The van der Waals surface area contributed by atoms with Gasteiger partial charge in [0.2, 0.25) is 0 Å². The molecule has 29 heavy (non-hydrogen) atoms. The van der Waals surface area contributed by atoms with Crippen molar-refractivity contribution < 1.29 is 15.0 Å². The van der Waals surface area contributed by atoms with Gasteiger partial charge in [0.05, 0.1) is 5.56 Å². The van der Waals surface area contributed by atoms with E-state index in [4.69, 9.17) is 0 Å². The van der Waals surface area contributed by atoms with Gasteiger partial charge < -0.3 is 15.5 Å². The van der Waals surface area contributed by atoms with Crippen molar-refractivity contribution in [3.8, 4) is 11.5 Å².